The summed E-state index contributed by atoms with van der Waals surface area (Å²) >= 11 is 1.64. The Morgan fingerprint density at radius 1 is 1.44 bits per heavy atom. The number of carbonyl (C=O) groups is 1. The summed E-state index contributed by atoms with van der Waals surface area (Å²) in [5, 5.41) is 0. The van der Waals surface area contributed by atoms with E-state index in [0.717, 1.165) is 24.4 Å². The Kier molecular flexibility index (Phi) is 3.39. The van der Waals surface area contributed by atoms with Gasteiger partial charge in [0.15, 0.2) is 0 Å². The first-order valence-corrected chi connectivity index (χ1v) is 6.50. The average molecular weight is 237 g/mol. The van der Waals surface area contributed by atoms with Gasteiger partial charge in [0.05, 0.1) is 12.7 Å². The third-order valence-corrected chi connectivity index (χ3v) is 3.51. The van der Waals surface area contributed by atoms with E-state index in [2.05, 4.69) is 0 Å². The molecule has 1 saturated heterocycles. The van der Waals surface area contributed by atoms with E-state index < -0.39 is 0 Å². The van der Waals surface area contributed by atoms with Gasteiger partial charge in [-0.2, -0.15) is 0 Å². The Bertz CT molecular complexity index is 402. The molecule has 1 aliphatic heterocycles. The van der Waals surface area contributed by atoms with Crippen molar-refractivity contribution in [3.8, 4) is 5.75 Å². The van der Waals surface area contributed by atoms with E-state index in [0.29, 0.717) is 11.3 Å². The van der Waals surface area contributed by atoms with Crippen LogP contribution in [0.5, 0.6) is 5.75 Å². The molecule has 0 radical (unpaired) electrons. The first-order valence-electron chi connectivity index (χ1n) is 5.27. The minimum atomic E-state index is 0.0794. The molecule has 0 aliphatic carbocycles. The van der Waals surface area contributed by atoms with Crippen molar-refractivity contribution in [3.05, 3.63) is 23.8 Å². The van der Waals surface area contributed by atoms with Gasteiger partial charge in [-0.3, -0.25) is 4.79 Å². The summed E-state index contributed by atoms with van der Waals surface area (Å²) in [6.45, 7) is 1.73. The number of amides is 1. The topological polar surface area (TPSA) is 29.5 Å². The summed E-state index contributed by atoms with van der Waals surface area (Å²) in [5.41, 5.74) is 0.667. The molecule has 1 aromatic rings. The minimum Gasteiger partial charge on any atom is -0.496 e. The zero-order valence-electron chi connectivity index (χ0n) is 9.53. The second-order valence-electron chi connectivity index (χ2n) is 3.71. The van der Waals surface area contributed by atoms with Crippen LogP contribution in [0.1, 0.15) is 16.8 Å². The van der Waals surface area contributed by atoms with Crippen molar-refractivity contribution >= 4 is 17.7 Å². The molecule has 1 fully saturated rings. The largest absolute Gasteiger partial charge is 0.496 e. The molecule has 0 spiro atoms. The minimum absolute atomic E-state index is 0.0794. The summed E-state index contributed by atoms with van der Waals surface area (Å²) in [6, 6.07) is 5.73. The van der Waals surface area contributed by atoms with Crippen LogP contribution in [0.25, 0.3) is 0 Å². The van der Waals surface area contributed by atoms with E-state index in [1.807, 2.05) is 29.4 Å². The Morgan fingerprint density at radius 3 is 2.69 bits per heavy atom. The molecule has 0 aromatic heterocycles. The van der Waals surface area contributed by atoms with E-state index >= 15 is 0 Å². The fourth-order valence-electron chi connectivity index (χ4n) is 1.66. The number of ether oxygens (including phenoxy) is 1. The van der Waals surface area contributed by atoms with E-state index in [9.17, 15) is 4.79 Å². The second-order valence-corrected chi connectivity index (χ2v) is 4.59. The maximum atomic E-state index is 12.0. The van der Waals surface area contributed by atoms with Gasteiger partial charge in [-0.1, -0.05) is 0 Å². The second kappa shape index (κ2) is 4.78. The predicted octanol–water partition coefficient (Wildman–Crippen LogP) is 2.26. The highest BCUT2D eigenvalue weighted by molar-refractivity contribution is 7.98. The molecule has 1 aliphatic rings. The van der Waals surface area contributed by atoms with Crippen molar-refractivity contribution in [1.82, 2.24) is 4.90 Å². The van der Waals surface area contributed by atoms with Gasteiger partial charge in [-0.05, 0) is 30.9 Å². The van der Waals surface area contributed by atoms with Crippen LogP contribution in [0.2, 0.25) is 0 Å². The summed E-state index contributed by atoms with van der Waals surface area (Å²) in [5.74, 6) is 0.750. The average Bonchev–Trinajstić information content (AvgIpc) is 2.25. The Morgan fingerprint density at radius 2 is 2.19 bits per heavy atom. The van der Waals surface area contributed by atoms with E-state index in [1.54, 1.807) is 18.9 Å². The highest BCUT2D eigenvalue weighted by Gasteiger charge is 2.24. The molecular weight excluding hydrogens is 222 g/mol. The molecule has 16 heavy (non-hydrogen) atoms. The van der Waals surface area contributed by atoms with Gasteiger partial charge in [0.2, 0.25) is 0 Å². The zero-order chi connectivity index (χ0) is 11.5. The summed E-state index contributed by atoms with van der Waals surface area (Å²) in [6.07, 6.45) is 3.11. The van der Waals surface area contributed by atoms with Gasteiger partial charge in [0.25, 0.3) is 5.91 Å². The summed E-state index contributed by atoms with van der Waals surface area (Å²) in [4.78, 5) is 15.0. The van der Waals surface area contributed by atoms with Gasteiger partial charge in [0, 0.05) is 18.0 Å². The third-order valence-electron chi connectivity index (χ3n) is 2.78. The molecule has 1 amide bonds. The number of hydrogen-bond donors (Lipinski definition) is 0. The maximum Gasteiger partial charge on any atom is 0.257 e. The lowest BCUT2D eigenvalue weighted by Gasteiger charge is -2.31. The molecule has 4 heteroatoms. The smallest absolute Gasteiger partial charge is 0.257 e. The SMILES string of the molecule is COc1cc(SC)ccc1C(=O)N1CCC1. The highest BCUT2D eigenvalue weighted by atomic mass is 32.2. The lowest BCUT2D eigenvalue weighted by Crippen LogP contribution is -2.42. The number of benzene rings is 1. The molecular formula is C12H15NO2S. The molecule has 0 atom stereocenters. The molecule has 1 aromatic carbocycles. The molecule has 0 saturated carbocycles. The van der Waals surface area contributed by atoms with Gasteiger partial charge in [-0.25, -0.2) is 0 Å². The van der Waals surface area contributed by atoms with Crippen LogP contribution in [0.4, 0.5) is 0 Å². The van der Waals surface area contributed by atoms with Crippen LogP contribution in [-0.2, 0) is 0 Å². The zero-order valence-corrected chi connectivity index (χ0v) is 10.3. The molecule has 86 valence electrons. The monoisotopic (exact) mass is 237 g/mol. The number of likely N-dealkylation sites (tertiary alicyclic amines) is 1. The van der Waals surface area contributed by atoms with Crippen LogP contribution in [0.3, 0.4) is 0 Å². The van der Waals surface area contributed by atoms with Crippen molar-refractivity contribution in [2.75, 3.05) is 26.5 Å². The van der Waals surface area contributed by atoms with Crippen molar-refractivity contribution < 1.29 is 9.53 Å². The Balaban J connectivity index is 2.28. The Labute approximate surface area is 99.8 Å². The number of thioether (sulfide) groups is 1. The van der Waals surface area contributed by atoms with E-state index in [1.165, 1.54) is 0 Å². The summed E-state index contributed by atoms with van der Waals surface area (Å²) in [7, 11) is 1.60. The normalized spacial score (nSPS) is 14.5. The molecule has 3 nitrogen and oxygen atoms in total. The molecule has 0 bridgehead atoms. The van der Waals surface area contributed by atoms with Gasteiger partial charge >= 0.3 is 0 Å². The van der Waals surface area contributed by atoms with Crippen LogP contribution in [0, 0.1) is 0 Å². The first-order chi connectivity index (χ1) is 7.76. The molecule has 0 N–H and O–H groups in total. The summed E-state index contributed by atoms with van der Waals surface area (Å²) < 4.78 is 5.27. The number of hydrogen-bond acceptors (Lipinski definition) is 3. The lowest BCUT2D eigenvalue weighted by molar-refractivity contribution is 0.0648. The quantitative estimate of drug-likeness (QED) is 0.755. The molecule has 0 unspecified atom stereocenters. The first kappa shape index (κ1) is 11.3. The molecule has 2 rings (SSSR count). The van der Waals surface area contributed by atoms with Gasteiger partial charge < -0.3 is 9.64 Å². The van der Waals surface area contributed by atoms with E-state index in [-0.39, 0.29) is 5.91 Å². The standard InChI is InChI=1S/C12H15NO2S/c1-15-11-8-9(16-2)4-5-10(11)12(14)13-6-3-7-13/h4-5,8H,3,6-7H2,1-2H3. The van der Waals surface area contributed by atoms with Crippen LogP contribution in [-0.4, -0.2) is 37.3 Å². The highest BCUT2D eigenvalue weighted by Crippen LogP contribution is 2.27. The van der Waals surface area contributed by atoms with Crippen LogP contribution < -0.4 is 4.74 Å². The van der Waals surface area contributed by atoms with Crippen molar-refractivity contribution in [3.63, 3.8) is 0 Å². The number of carbonyl (C=O) groups excluding carboxylic acids is 1. The van der Waals surface area contributed by atoms with Gasteiger partial charge in [-0.15, -0.1) is 11.8 Å². The predicted molar refractivity (Wildman–Crippen MR) is 65.3 cm³/mol. The fourth-order valence-corrected chi connectivity index (χ4v) is 2.09. The Hall–Kier alpha value is -1.16. The maximum absolute atomic E-state index is 12.0. The molecule has 1 heterocycles. The van der Waals surface area contributed by atoms with Crippen LogP contribution in [0.15, 0.2) is 23.1 Å². The number of rotatable bonds is 3. The van der Waals surface area contributed by atoms with Gasteiger partial charge in [0.1, 0.15) is 5.75 Å². The third kappa shape index (κ3) is 2.02. The van der Waals surface area contributed by atoms with E-state index in [4.69, 9.17) is 4.74 Å². The number of nitrogens with zero attached hydrogens (tertiary/aromatic N) is 1. The fraction of sp³-hybridized carbons (Fsp3) is 0.417. The van der Waals surface area contributed by atoms with Crippen molar-refractivity contribution in [1.29, 1.82) is 0 Å². The number of methoxy groups -OCH3 is 1. The van der Waals surface area contributed by atoms with Crippen molar-refractivity contribution in [2.45, 2.75) is 11.3 Å². The lowest BCUT2D eigenvalue weighted by atomic mass is 10.1. The van der Waals surface area contributed by atoms with Crippen molar-refractivity contribution in [2.24, 2.45) is 0 Å². The van der Waals surface area contributed by atoms with Crippen LogP contribution >= 0.6 is 11.8 Å².